The normalized spacial score (nSPS) is 11.6. The SMILES string of the molecule is CCC(N)(CC)CNC(=O)c1cc(-c2ccco2)[nH]n1. The van der Waals surface area contributed by atoms with Crippen LogP contribution >= 0.6 is 0 Å². The number of hydrogen-bond acceptors (Lipinski definition) is 4. The summed E-state index contributed by atoms with van der Waals surface area (Å²) in [4.78, 5) is 12.0. The Balaban J connectivity index is 2.00. The van der Waals surface area contributed by atoms with Gasteiger partial charge in [-0.05, 0) is 25.0 Å². The summed E-state index contributed by atoms with van der Waals surface area (Å²) in [6, 6.07) is 5.24. The van der Waals surface area contributed by atoms with Gasteiger partial charge in [0, 0.05) is 18.2 Å². The molecule has 2 aromatic rings. The molecule has 108 valence electrons. The highest BCUT2D eigenvalue weighted by molar-refractivity contribution is 5.93. The van der Waals surface area contributed by atoms with Crippen molar-refractivity contribution in [1.29, 1.82) is 0 Å². The topological polar surface area (TPSA) is 96.9 Å². The predicted octanol–water partition coefficient (Wildman–Crippen LogP) is 1.92. The molecule has 0 aliphatic carbocycles. The molecular formula is C14H20N4O2. The Morgan fingerprint density at radius 2 is 2.25 bits per heavy atom. The van der Waals surface area contributed by atoms with Crippen LogP contribution in [0.1, 0.15) is 37.2 Å². The first-order valence-electron chi connectivity index (χ1n) is 6.74. The minimum atomic E-state index is -0.365. The molecule has 0 aromatic carbocycles. The Bertz CT molecular complexity index is 556. The van der Waals surface area contributed by atoms with Crippen molar-refractivity contribution >= 4 is 5.91 Å². The molecule has 0 bridgehead atoms. The third-order valence-corrected chi connectivity index (χ3v) is 3.61. The summed E-state index contributed by atoms with van der Waals surface area (Å²) in [7, 11) is 0. The van der Waals surface area contributed by atoms with Gasteiger partial charge in [0.25, 0.3) is 5.91 Å². The van der Waals surface area contributed by atoms with Gasteiger partial charge in [0.2, 0.25) is 0 Å². The number of amides is 1. The van der Waals surface area contributed by atoms with Crippen molar-refractivity contribution in [2.75, 3.05) is 6.54 Å². The minimum Gasteiger partial charge on any atom is -0.463 e. The van der Waals surface area contributed by atoms with Gasteiger partial charge in [-0.15, -0.1) is 0 Å². The number of carbonyl (C=O) groups is 1. The molecule has 0 aliphatic heterocycles. The van der Waals surface area contributed by atoms with E-state index in [0.29, 0.717) is 23.7 Å². The van der Waals surface area contributed by atoms with Crippen LogP contribution in [0.3, 0.4) is 0 Å². The number of aromatic nitrogens is 2. The number of H-pyrrole nitrogens is 1. The van der Waals surface area contributed by atoms with Crippen molar-refractivity contribution in [3.8, 4) is 11.5 Å². The van der Waals surface area contributed by atoms with Gasteiger partial charge >= 0.3 is 0 Å². The third kappa shape index (κ3) is 3.08. The number of furan rings is 1. The zero-order valence-electron chi connectivity index (χ0n) is 11.8. The molecule has 20 heavy (non-hydrogen) atoms. The lowest BCUT2D eigenvalue weighted by molar-refractivity contribution is 0.0937. The van der Waals surface area contributed by atoms with E-state index in [1.54, 1.807) is 24.5 Å². The van der Waals surface area contributed by atoms with Crippen LogP contribution in [0, 0.1) is 0 Å². The number of rotatable bonds is 6. The molecule has 0 aliphatic rings. The number of nitrogens with one attached hydrogen (secondary N) is 2. The van der Waals surface area contributed by atoms with Crippen molar-refractivity contribution in [3.63, 3.8) is 0 Å². The maximum absolute atomic E-state index is 12.0. The molecule has 0 atom stereocenters. The van der Waals surface area contributed by atoms with Gasteiger partial charge < -0.3 is 15.5 Å². The smallest absolute Gasteiger partial charge is 0.271 e. The molecule has 2 aromatic heterocycles. The zero-order valence-corrected chi connectivity index (χ0v) is 11.8. The van der Waals surface area contributed by atoms with Gasteiger partial charge in [0.05, 0.1) is 6.26 Å². The molecule has 0 saturated heterocycles. The average molecular weight is 276 g/mol. The Hall–Kier alpha value is -2.08. The second-order valence-electron chi connectivity index (χ2n) is 4.90. The summed E-state index contributed by atoms with van der Waals surface area (Å²) in [5, 5.41) is 9.59. The summed E-state index contributed by atoms with van der Waals surface area (Å²) in [6.07, 6.45) is 3.19. The second-order valence-corrected chi connectivity index (χ2v) is 4.90. The first kappa shape index (κ1) is 14.3. The maximum Gasteiger partial charge on any atom is 0.271 e. The fourth-order valence-electron chi connectivity index (χ4n) is 1.84. The van der Waals surface area contributed by atoms with Gasteiger partial charge in [-0.2, -0.15) is 5.10 Å². The summed E-state index contributed by atoms with van der Waals surface area (Å²) in [6.45, 7) is 4.46. The van der Waals surface area contributed by atoms with Gasteiger partial charge in [0.15, 0.2) is 11.5 Å². The van der Waals surface area contributed by atoms with E-state index in [2.05, 4.69) is 15.5 Å². The molecule has 0 spiro atoms. The van der Waals surface area contributed by atoms with E-state index in [9.17, 15) is 4.79 Å². The largest absolute Gasteiger partial charge is 0.463 e. The minimum absolute atomic E-state index is 0.240. The Morgan fingerprint density at radius 1 is 1.50 bits per heavy atom. The first-order valence-corrected chi connectivity index (χ1v) is 6.74. The number of nitrogens with two attached hydrogens (primary N) is 1. The number of hydrogen-bond donors (Lipinski definition) is 3. The van der Waals surface area contributed by atoms with Crippen molar-refractivity contribution < 1.29 is 9.21 Å². The Labute approximate surface area is 117 Å². The van der Waals surface area contributed by atoms with E-state index < -0.39 is 0 Å². The van der Waals surface area contributed by atoms with Crippen LogP contribution in [0.5, 0.6) is 0 Å². The Kier molecular flexibility index (Phi) is 4.24. The molecule has 0 saturated carbocycles. The van der Waals surface area contributed by atoms with Gasteiger partial charge in [-0.3, -0.25) is 9.89 Å². The van der Waals surface area contributed by atoms with E-state index in [1.165, 1.54) is 0 Å². The Morgan fingerprint density at radius 3 is 2.85 bits per heavy atom. The van der Waals surface area contributed by atoms with Gasteiger partial charge in [-0.25, -0.2) is 0 Å². The van der Waals surface area contributed by atoms with Gasteiger partial charge in [-0.1, -0.05) is 13.8 Å². The van der Waals surface area contributed by atoms with E-state index in [0.717, 1.165) is 12.8 Å². The van der Waals surface area contributed by atoms with Crippen LogP contribution in [-0.4, -0.2) is 28.2 Å². The highest BCUT2D eigenvalue weighted by Gasteiger charge is 2.22. The molecular weight excluding hydrogens is 256 g/mol. The van der Waals surface area contributed by atoms with Crippen LogP contribution in [-0.2, 0) is 0 Å². The quantitative estimate of drug-likeness (QED) is 0.750. The molecule has 6 nitrogen and oxygen atoms in total. The zero-order chi connectivity index (χ0) is 14.6. The second kappa shape index (κ2) is 5.92. The molecule has 2 heterocycles. The number of nitrogens with zero attached hydrogens (tertiary/aromatic N) is 1. The summed E-state index contributed by atoms with van der Waals surface area (Å²) < 4.78 is 5.24. The molecule has 0 radical (unpaired) electrons. The number of aromatic amines is 1. The van der Waals surface area contributed by atoms with E-state index in [1.807, 2.05) is 13.8 Å². The third-order valence-electron chi connectivity index (χ3n) is 3.61. The van der Waals surface area contributed by atoms with Crippen LogP contribution < -0.4 is 11.1 Å². The van der Waals surface area contributed by atoms with E-state index >= 15 is 0 Å². The summed E-state index contributed by atoms with van der Waals surface area (Å²) in [5.41, 5.74) is 6.78. The van der Waals surface area contributed by atoms with E-state index in [4.69, 9.17) is 10.2 Å². The maximum atomic E-state index is 12.0. The summed E-state index contributed by atoms with van der Waals surface area (Å²) >= 11 is 0. The van der Waals surface area contributed by atoms with Crippen LogP contribution in [0.15, 0.2) is 28.9 Å². The number of carbonyl (C=O) groups excluding carboxylic acids is 1. The van der Waals surface area contributed by atoms with E-state index in [-0.39, 0.29) is 11.4 Å². The summed E-state index contributed by atoms with van der Waals surface area (Å²) in [5.74, 6) is 0.405. The molecule has 4 N–H and O–H groups in total. The lowest BCUT2D eigenvalue weighted by Gasteiger charge is -2.26. The molecule has 1 amide bonds. The fourth-order valence-corrected chi connectivity index (χ4v) is 1.84. The van der Waals surface area contributed by atoms with Crippen molar-refractivity contribution in [2.45, 2.75) is 32.2 Å². The lowest BCUT2D eigenvalue weighted by Crippen LogP contribution is -2.49. The average Bonchev–Trinajstić information content (AvgIpc) is 3.14. The monoisotopic (exact) mass is 276 g/mol. The molecule has 0 fully saturated rings. The standard InChI is InChI=1S/C14H20N4O2/c1-3-14(15,4-2)9-16-13(19)11-8-10(17-18-11)12-6-5-7-20-12/h5-8H,3-4,9,15H2,1-2H3,(H,16,19)(H,17,18). The lowest BCUT2D eigenvalue weighted by atomic mass is 9.94. The highest BCUT2D eigenvalue weighted by atomic mass is 16.3. The van der Waals surface area contributed by atoms with Crippen molar-refractivity contribution in [3.05, 3.63) is 30.2 Å². The van der Waals surface area contributed by atoms with Crippen molar-refractivity contribution in [2.24, 2.45) is 5.73 Å². The van der Waals surface area contributed by atoms with Crippen LogP contribution in [0.25, 0.3) is 11.5 Å². The fraction of sp³-hybridized carbons (Fsp3) is 0.429. The highest BCUT2D eigenvalue weighted by Crippen LogP contribution is 2.17. The first-order chi connectivity index (χ1) is 9.58. The molecule has 0 unspecified atom stereocenters. The van der Waals surface area contributed by atoms with Crippen LogP contribution in [0.4, 0.5) is 0 Å². The van der Waals surface area contributed by atoms with Crippen LogP contribution in [0.2, 0.25) is 0 Å². The van der Waals surface area contributed by atoms with Crippen molar-refractivity contribution in [1.82, 2.24) is 15.5 Å². The predicted molar refractivity (Wildman–Crippen MR) is 76.1 cm³/mol. The molecule has 2 rings (SSSR count). The van der Waals surface area contributed by atoms with Gasteiger partial charge in [0.1, 0.15) is 5.69 Å². The molecule has 6 heteroatoms.